The first-order valence-corrected chi connectivity index (χ1v) is 7.11. The van der Waals surface area contributed by atoms with Crippen molar-refractivity contribution in [1.29, 1.82) is 0 Å². The van der Waals surface area contributed by atoms with Crippen LogP contribution in [0, 0.1) is 20.8 Å². The Morgan fingerprint density at radius 2 is 1.81 bits per heavy atom. The highest BCUT2D eigenvalue weighted by atomic mass is 35.5. The summed E-state index contributed by atoms with van der Waals surface area (Å²) in [5.74, 6) is 1.11. The fourth-order valence-corrected chi connectivity index (χ4v) is 2.24. The van der Waals surface area contributed by atoms with Gasteiger partial charge in [0.05, 0.1) is 16.4 Å². The summed E-state index contributed by atoms with van der Waals surface area (Å²) >= 11 is 6.18. The smallest absolute Gasteiger partial charge is 0.254 e. The summed E-state index contributed by atoms with van der Waals surface area (Å²) in [6, 6.07) is 8.34. The van der Waals surface area contributed by atoms with Crippen LogP contribution in [-0.4, -0.2) is 19.6 Å². The van der Waals surface area contributed by atoms with E-state index in [4.69, 9.17) is 11.6 Å². The van der Waals surface area contributed by atoms with Gasteiger partial charge < -0.3 is 5.32 Å². The van der Waals surface area contributed by atoms with Crippen LogP contribution in [-0.2, 0) is 6.54 Å². The molecule has 2 aromatic heterocycles. The Hall–Kier alpha value is -2.14. The molecule has 2 heterocycles. The highest BCUT2D eigenvalue weighted by Gasteiger charge is 2.11. The lowest BCUT2D eigenvalue weighted by atomic mass is 10.1. The number of benzene rings is 1. The molecule has 1 N–H and O–H groups in total. The van der Waals surface area contributed by atoms with E-state index in [0.717, 1.165) is 11.4 Å². The second kappa shape index (κ2) is 5.33. The number of aromatic nitrogens is 4. The van der Waals surface area contributed by atoms with Crippen molar-refractivity contribution in [1.82, 2.24) is 19.6 Å². The molecule has 0 saturated carbocycles. The van der Waals surface area contributed by atoms with E-state index in [0.29, 0.717) is 23.3 Å². The van der Waals surface area contributed by atoms with E-state index in [1.807, 2.05) is 13.8 Å². The van der Waals surface area contributed by atoms with Crippen LogP contribution in [0.3, 0.4) is 0 Å². The van der Waals surface area contributed by atoms with Gasteiger partial charge in [0.15, 0.2) is 0 Å². The number of hydrogen-bond donors (Lipinski definition) is 1. The topological polar surface area (TPSA) is 55.1 Å². The van der Waals surface area contributed by atoms with Gasteiger partial charge in [-0.1, -0.05) is 41.4 Å². The predicted octanol–water partition coefficient (Wildman–Crippen LogP) is 3.32. The van der Waals surface area contributed by atoms with Gasteiger partial charge in [-0.25, -0.2) is 4.98 Å². The van der Waals surface area contributed by atoms with E-state index in [-0.39, 0.29) is 0 Å². The highest BCUT2D eigenvalue weighted by Crippen LogP contribution is 2.19. The molecular weight excluding hydrogens is 286 g/mol. The molecule has 5 nitrogen and oxygen atoms in total. The van der Waals surface area contributed by atoms with Crippen molar-refractivity contribution in [3.63, 3.8) is 0 Å². The molecule has 0 unspecified atom stereocenters. The van der Waals surface area contributed by atoms with Crippen molar-refractivity contribution in [3.05, 3.63) is 51.8 Å². The lowest BCUT2D eigenvalue weighted by Gasteiger charge is -2.02. The van der Waals surface area contributed by atoms with Crippen molar-refractivity contribution < 1.29 is 0 Å². The van der Waals surface area contributed by atoms with Gasteiger partial charge in [0.25, 0.3) is 5.78 Å². The molecule has 0 aliphatic carbocycles. The Morgan fingerprint density at radius 1 is 1.10 bits per heavy atom. The minimum Gasteiger partial charge on any atom is -0.349 e. The molecule has 0 atom stereocenters. The molecule has 6 heteroatoms. The van der Waals surface area contributed by atoms with Gasteiger partial charge in [0, 0.05) is 6.54 Å². The van der Waals surface area contributed by atoms with E-state index in [9.17, 15) is 0 Å². The molecule has 1 aromatic carbocycles. The van der Waals surface area contributed by atoms with Gasteiger partial charge in [-0.2, -0.15) is 9.50 Å². The maximum atomic E-state index is 6.18. The third kappa shape index (κ3) is 2.69. The summed E-state index contributed by atoms with van der Waals surface area (Å²) in [5.41, 5.74) is 4.03. The van der Waals surface area contributed by atoms with Crippen LogP contribution in [0.4, 0.5) is 5.95 Å². The summed E-state index contributed by atoms with van der Waals surface area (Å²) in [4.78, 5) is 8.72. The molecule has 0 spiro atoms. The SMILES string of the molecule is Cc1ccc(CNc2nc3nc(C)c(Cl)c(C)n3n2)cc1. The monoisotopic (exact) mass is 301 g/mol. The number of nitrogens with zero attached hydrogens (tertiary/aromatic N) is 4. The molecule has 21 heavy (non-hydrogen) atoms. The van der Waals surface area contributed by atoms with Crippen molar-refractivity contribution in [2.24, 2.45) is 0 Å². The standard InChI is InChI=1S/C15H16ClN5/c1-9-4-6-12(7-5-9)8-17-14-19-15-18-10(2)13(16)11(3)21(15)20-14/h4-7H,8H2,1-3H3,(H,17,20). The highest BCUT2D eigenvalue weighted by molar-refractivity contribution is 6.31. The van der Waals surface area contributed by atoms with Crippen LogP contribution in [0.5, 0.6) is 0 Å². The third-order valence-electron chi connectivity index (χ3n) is 3.38. The minimum absolute atomic E-state index is 0.549. The van der Waals surface area contributed by atoms with Crippen LogP contribution < -0.4 is 5.32 Å². The second-order valence-electron chi connectivity index (χ2n) is 5.08. The molecular formula is C15H16ClN5. The molecule has 108 valence electrons. The maximum absolute atomic E-state index is 6.18. The van der Waals surface area contributed by atoms with Gasteiger partial charge in [-0.3, -0.25) is 0 Å². The molecule has 0 saturated heterocycles. The minimum atomic E-state index is 0.549. The summed E-state index contributed by atoms with van der Waals surface area (Å²) in [7, 11) is 0. The summed E-state index contributed by atoms with van der Waals surface area (Å²) in [6.45, 7) is 6.51. The zero-order valence-electron chi connectivity index (χ0n) is 12.2. The number of anilines is 1. The Balaban J connectivity index is 1.85. The van der Waals surface area contributed by atoms with Crippen molar-refractivity contribution in [2.45, 2.75) is 27.3 Å². The van der Waals surface area contributed by atoms with Crippen molar-refractivity contribution >= 4 is 23.3 Å². The molecule has 0 amide bonds. The van der Waals surface area contributed by atoms with E-state index in [2.05, 4.69) is 51.6 Å². The van der Waals surface area contributed by atoms with E-state index < -0.39 is 0 Å². The third-order valence-corrected chi connectivity index (χ3v) is 3.93. The molecule has 3 rings (SSSR count). The Morgan fingerprint density at radius 3 is 2.52 bits per heavy atom. The number of hydrogen-bond acceptors (Lipinski definition) is 4. The van der Waals surface area contributed by atoms with E-state index >= 15 is 0 Å². The second-order valence-corrected chi connectivity index (χ2v) is 5.46. The average molecular weight is 302 g/mol. The van der Waals surface area contributed by atoms with Crippen LogP contribution in [0.1, 0.15) is 22.5 Å². The molecule has 0 aliphatic rings. The van der Waals surface area contributed by atoms with E-state index in [1.165, 1.54) is 11.1 Å². The first-order chi connectivity index (χ1) is 10.0. The zero-order chi connectivity index (χ0) is 15.0. The van der Waals surface area contributed by atoms with Crippen LogP contribution in [0.15, 0.2) is 24.3 Å². The normalized spacial score (nSPS) is 11.0. The first kappa shape index (κ1) is 13.8. The quantitative estimate of drug-likeness (QED) is 0.806. The Kier molecular flexibility index (Phi) is 3.51. The van der Waals surface area contributed by atoms with Crippen LogP contribution in [0.2, 0.25) is 5.02 Å². The van der Waals surface area contributed by atoms with Gasteiger partial charge in [-0.15, -0.1) is 5.10 Å². The summed E-state index contributed by atoms with van der Waals surface area (Å²) < 4.78 is 1.66. The van der Waals surface area contributed by atoms with Gasteiger partial charge in [0.1, 0.15) is 0 Å². The van der Waals surface area contributed by atoms with Gasteiger partial charge >= 0.3 is 0 Å². The Bertz CT molecular complexity index is 792. The average Bonchev–Trinajstić information content (AvgIpc) is 2.87. The molecule has 0 radical (unpaired) electrons. The lowest BCUT2D eigenvalue weighted by Crippen LogP contribution is -2.02. The van der Waals surface area contributed by atoms with Crippen LogP contribution in [0.25, 0.3) is 5.78 Å². The number of nitrogens with one attached hydrogen (secondary N) is 1. The van der Waals surface area contributed by atoms with Gasteiger partial charge in [0.2, 0.25) is 5.95 Å². The largest absolute Gasteiger partial charge is 0.349 e. The predicted molar refractivity (Wildman–Crippen MR) is 83.8 cm³/mol. The molecule has 0 bridgehead atoms. The van der Waals surface area contributed by atoms with Crippen molar-refractivity contribution in [2.75, 3.05) is 5.32 Å². The maximum Gasteiger partial charge on any atom is 0.254 e. The molecule has 3 aromatic rings. The number of halogens is 1. The molecule has 0 aliphatic heterocycles. The van der Waals surface area contributed by atoms with E-state index in [1.54, 1.807) is 4.52 Å². The van der Waals surface area contributed by atoms with Crippen LogP contribution >= 0.6 is 11.6 Å². The number of fused-ring (bicyclic) bond motifs is 1. The number of rotatable bonds is 3. The number of aryl methyl sites for hydroxylation is 3. The Labute approximate surface area is 128 Å². The fourth-order valence-electron chi connectivity index (χ4n) is 2.12. The fraction of sp³-hybridized carbons (Fsp3) is 0.267. The first-order valence-electron chi connectivity index (χ1n) is 6.73. The zero-order valence-corrected chi connectivity index (χ0v) is 12.9. The van der Waals surface area contributed by atoms with Gasteiger partial charge in [-0.05, 0) is 26.3 Å². The molecule has 0 fully saturated rings. The summed E-state index contributed by atoms with van der Waals surface area (Å²) in [5, 5.41) is 8.23. The lowest BCUT2D eigenvalue weighted by molar-refractivity contribution is 0.883. The van der Waals surface area contributed by atoms with Crippen molar-refractivity contribution in [3.8, 4) is 0 Å². The summed E-state index contributed by atoms with van der Waals surface area (Å²) in [6.07, 6.45) is 0.